The van der Waals surface area contributed by atoms with Gasteiger partial charge in [-0.25, -0.2) is 4.79 Å². The second-order valence-corrected chi connectivity index (χ2v) is 6.37. The van der Waals surface area contributed by atoms with Crippen molar-refractivity contribution in [1.29, 1.82) is 5.26 Å². The van der Waals surface area contributed by atoms with Crippen molar-refractivity contribution >= 4 is 39.6 Å². The van der Waals surface area contributed by atoms with Gasteiger partial charge in [0.2, 0.25) is 0 Å². The van der Waals surface area contributed by atoms with Crippen LogP contribution in [0.5, 0.6) is 11.5 Å². The molecule has 8 heteroatoms. The smallest absolute Gasteiger partial charge is 0.341 e. The maximum Gasteiger partial charge on any atom is 0.341 e. The van der Waals surface area contributed by atoms with Gasteiger partial charge in [-0.3, -0.25) is 4.79 Å². The van der Waals surface area contributed by atoms with Crippen molar-refractivity contribution < 1.29 is 24.2 Å². The van der Waals surface area contributed by atoms with Gasteiger partial charge in [-0.05, 0) is 48.9 Å². The Labute approximate surface area is 170 Å². The van der Waals surface area contributed by atoms with Gasteiger partial charge in [0.1, 0.15) is 11.6 Å². The number of halogens is 1. The number of carboxylic acid groups (broad SMARTS) is 1. The van der Waals surface area contributed by atoms with E-state index in [1.807, 2.05) is 12.1 Å². The predicted molar refractivity (Wildman–Crippen MR) is 107 cm³/mol. The number of carbonyl (C=O) groups is 2. The van der Waals surface area contributed by atoms with Crippen molar-refractivity contribution in [2.45, 2.75) is 6.92 Å². The summed E-state index contributed by atoms with van der Waals surface area (Å²) in [5.74, 6) is -1.08. The normalized spacial score (nSPS) is 10.7. The number of nitriles is 1. The van der Waals surface area contributed by atoms with Gasteiger partial charge < -0.3 is 19.9 Å². The van der Waals surface area contributed by atoms with Gasteiger partial charge in [0.25, 0.3) is 5.91 Å². The number of rotatable bonds is 8. The van der Waals surface area contributed by atoms with E-state index in [9.17, 15) is 14.9 Å². The number of hydrogen-bond acceptors (Lipinski definition) is 5. The Kier molecular flexibility index (Phi) is 7.60. The fourth-order valence-electron chi connectivity index (χ4n) is 2.22. The number of amides is 1. The summed E-state index contributed by atoms with van der Waals surface area (Å²) >= 11 is 3.32. The van der Waals surface area contributed by atoms with E-state index in [1.165, 1.54) is 12.1 Å². The number of nitrogens with zero attached hydrogens (tertiary/aromatic N) is 1. The lowest BCUT2D eigenvalue weighted by molar-refractivity contribution is -0.139. The fraction of sp³-hybridized carbons (Fsp3) is 0.150. The highest BCUT2D eigenvalue weighted by Crippen LogP contribution is 2.29. The monoisotopic (exact) mass is 444 g/mol. The quantitative estimate of drug-likeness (QED) is 0.472. The highest BCUT2D eigenvalue weighted by atomic mass is 79.9. The van der Waals surface area contributed by atoms with E-state index >= 15 is 0 Å². The molecule has 2 N–H and O–H groups in total. The van der Waals surface area contributed by atoms with E-state index in [0.717, 1.165) is 4.47 Å². The zero-order valence-electron chi connectivity index (χ0n) is 14.9. The molecule has 0 atom stereocenters. The van der Waals surface area contributed by atoms with Crippen LogP contribution in [0, 0.1) is 11.3 Å². The maximum atomic E-state index is 12.4. The summed E-state index contributed by atoms with van der Waals surface area (Å²) in [4.78, 5) is 23.1. The van der Waals surface area contributed by atoms with Crippen LogP contribution in [0.1, 0.15) is 12.5 Å². The molecule has 0 heterocycles. The fourth-order valence-corrected chi connectivity index (χ4v) is 2.62. The van der Waals surface area contributed by atoms with Crippen LogP contribution in [-0.2, 0) is 9.59 Å². The molecule has 28 heavy (non-hydrogen) atoms. The summed E-state index contributed by atoms with van der Waals surface area (Å²) in [5, 5.41) is 20.8. The van der Waals surface area contributed by atoms with Gasteiger partial charge in [-0.1, -0.05) is 28.1 Å². The molecule has 0 unspecified atom stereocenters. The van der Waals surface area contributed by atoms with Crippen LogP contribution in [-0.4, -0.2) is 30.2 Å². The van der Waals surface area contributed by atoms with Crippen LogP contribution >= 0.6 is 15.9 Å². The molecular formula is C20H17BrN2O5. The first-order chi connectivity index (χ1) is 13.4. The minimum absolute atomic E-state index is 0.0957. The number of benzene rings is 2. The molecule has 0 saturated carbocycles. The minimum Gasteiger partial charge on any atom is -0.490 e. The summed E-state index contributed by atoms with van der Waals surface area (Å²) in [7, 11) is 0. The molecular weight excluding hydrogens is 428 g/mol. The second kappa shape index (κ2) is 10.1. The van der Waals surface area contributed by atoms with Crippen molar-refractivity contribution in [3.63, 3.8) is 0 Å². The first kappa shape index (κ1) is 21.0. The zero-order chi connectivity index (χ0) is 20.5. The Morgan fingerprint density at radius 3 is 2.64 bits per heavy atom. The Hall–Kier alpha value is -3.31. The van der Waals surface area contributed by atoms with Crippen LogP contribution < -0.4 is 14.8 Å². The van der Waals surface area contributed by atoms with E-state index in [4.69, 9.17) is 14.6 Å². The average Bonchev–Trinajstić information content (AvgIpc) is 2.65. The first-order valence-electron chi connectivity index (χ1n) is 8.23. The third-order valence-electron chi connectivity index (χ3n) is 3.38. The summed E-state index contributed by atoms with van der Waals surface area (Å²) in [6.07, 6.45) is 1.41. The molecule has 0 aliphatic carbocycles. The Balaban J connectivity index is 2.24. The number of carbonyl (C=O) groups excluding carboxylic acids is 1. The van der Waals surface area contributed by atoms with Crippen LogP contribution in [0.25, 0.3) is 6.08 Å². The first-order valence-corrected chi connectivity index (χ1v) is 9.02. The van der Waals surface area contributed by atoms with Crippen molar-refractivity contribution in [2.24, 2.45) is 0 Å². The second-order valence-electron chi connectivity index (χ2n) is 5.46. The molecule has 2 aromatic carbocycles. The number of nitrogens with one attached hydrogen (secondary N) is 1. The number of hydrogen-bond donors (Lipinski definition) is 2. The predicted octanol–water partition coefficient (Wildman–Crippen LogP) is 3.86. The molecule has 0 aliphatic rings. The van der Waals surface area contributed by atoms with Gasteiger partial charge >= 0.3 is 5.97 Å². The van der Waals surface area contributed by atoms with Gasteiger partial charge in [0, 0.05) is 10.2 Å². The van der Waals surface area contributed by atoms with Gasteiger partial charge in [0.15, 0.2) is 18.1 Å². The Bertz CT molecular complexity index is 950. The maximum absolute atomic E-state index is 12.4. The van der Waals surface area contributed by atoms with Crippen molar-refractivity contribution in [1.82, 2.24) is 0 Å². The summed E-state index contributed by atoms with van der Waals surface area (Å²) in [6.45, 7) is 1.61. The molecule has 2 rings (SSSR count). The lowest BCUT2D eigenvalue weighted by Gasteiger charge is -2.11. The molecule has 144 valence electrons. The number of carboxylic acids is 1. The average molecular weight is 445 g/mol. The highest BCUT2D eigenvalue weighted by molar-refractivity contribution is 9.10. The Morgan fingerprint density at radius 2 is 2.00 bits per heavy atom. The van der Waals surface area contributed by atoms with Gasteiger partial charge in [0.05, 0.1) is 6.61 Å². The van der Waals surface area contributed by atoms with Crippen LogP contribution in [0.4, 0.5) is 5.69 Å². The summed E-state index contributed by atoms with van der Waals surface area (Å²) in [5.41, 5.74) is 0.988. The van der Waals surface area contributed by atoms with E-state index in [1.54, 1.807) is 37.3 Å². The molecule has 0 aromatic heterocycles. The van der Waals surface area contributed by atoms with E-state index in [2.05, 4.69) is 21.2 Å². The molecule has 1 amide bonds. The number of ether oxygens (including phenoxy) is 2. The topological polar surface area (TPSA) is 109 Å². The number of aliphatic carboxylic acids is 1. The molecule has 0 fully saturated rings. The van der Waals surface area contributed by atoms with Crippen molar-refractivity contribution in [3.8, 4) is 17.6 Å². The van der Waals surface area contributed by atoms with E-state index in [-0.39, 0.29) is 11.3 Å². The molecule has 0 spiro atoms. The minimum atomic E-state index is -1.11. The van der Waals surface area contributed by atoms with Crippen LogP contribution in [0.3, 0.4) is 0 Å². The van der Waals surface area contributed by atoms with E-state index < -0.39 is 18.5 Å². The molecule has 0 saturated heterocycles. The lowest BCUT2D eigenvalue weighted by atomic mass is 10.1. The third kappa shape index (κ3) is 6.14. The zero-order valence-corrected chi connectivity index (χ0v) is 16.5. The lowest BCUT2D eigenvalue weighted by Crippen LogP contribution is -2.13. The van der Waals surface area contributed by atoms with Crippen molar-refractivity contribution in [2.75, 3.05) is 18.5 Å². The molecule has 0 bridgehead atoms. The molecule has 0 radical (unpaired) electrons. The SMILES string of the molecule is CCOc1cc(/C=C(/C#N)C(=O)Nc2cccc(Br)c2)ccc1OCC(=O)O. The standard InChI is InChI=1S/C20H17BrN2O5/c1-2-27-18-9-13(6-7-17(18)28-12-19(24)25)8-14(11-22)20(26)23-16-5-3-4-15(21)10-16/h3-10H,2,12H2,1H3,(H,23,26)(H,24,25)/b14-8-. The summed E-state index contributed by atoms with van der Waals surface area (Å²) < 4.78 is 11.4. The summed E-state index contributed by atoms with van der Waals surface area (Å²) in [6, 6.07) is 13.6. The molecule has 2 aromatic rings. The van der Waals surface area contributed by atoms with Crippen molar-refractivity contribution in [3.05, 3.63) is 58.1 Å². The molecule has 0 aliphatic heterocycles. The van der Waals surface area contributed by atoms with Crippen LogP contribution in [0.15, 0.2) is 52.5 Å². The molecule has 7 nitrogen and oxygen atoms in total. The largest absolute Gasteiger partial charge is 0.490 e. The Morgan fingerprint density at radius 1 is 1.21 bits per heavy atom. The highest BCUT2D eigenvalue weighted by Gasteiger charge is 2.12. The third-order valence-corrected chi connectivity index (χ3v) is 3.87. The number of anilines is 1. The van der Waals surface area contributed by atoms with Gasteiger partial charge in [-0.2, -0.15) is 5.26 Å². The van der Waals surface area contributed by atoms with Gasteiger partial charge in [-0.15, -0.1) is 0 Å². The van der Waals surface area contributed by atoms with E-state index in [0.29, 0.717) is 23.6 Å². The van der Waals surface area contributed by atoms with Crippen LogP contribution in [0.2, 0.25) is 0 Å².